The summed E-state index contributed by atoms with van der Waals surface area (Å²) in [5, 5.41) is 19.0. The van der Waals surface area contributed by atoms with Crippen molar-refractivity contribution < 1.29 is 19.8 Å². The van der Waals surface area contributed by atoms with Crippen molar-refractivity contribution in [2.45, 2.75) is 7.59 Å². The summed E-state index contributed by atoms with van der Waals surface area (Å²) in [6.07, 6.45) is 0. The van der Waals surface area contributed by atoms with E-state index in [9.17, 15) is 19.8 Å². The van der Waals surface area contributed by atoms with Gasteiger partial charge in [0.2, 0.25) is 7.59 Å². The average molecular weight is 365 g/mol. The zero-order valence-electron chi connectivity index (χ0n) is 6.61. The Hall–Kier alpha value is 1.94. The predicted molar refractivity (Wildman–Crippen MR) is 56.3 cm³/mol. The molecule has 0 N–H and O–H groups in total. The molecular formula is C4CaCl6O4. The largest absolute Gasteiger partial charge is 2.00 e. The number of carboxylic acid groups (broad SMARTS) is 2. The summed E-state index contributed by atoms with van der Waals surface area (Å²) in [4.78, 5) is 19.0. The van der Waals surface area contributed by atoms with Crippen LogP contribution in [0.4, 0.5) is 0 Å². The summed E-state index contributed by atoms with van der Waals surface area (Å²) in [6.45, 7) is 0. The Kier molecular flexibility index (Phi) is 13.2. The average Bonchev–Trinajstić information content (AvgIpc) is 1.83. The molecular weight excluding hydrogens is 365 g/mol. The Labute approximate surface area is 145 Å². The number of hydrogen-bond donors (Lipinski definition) is 0. The maximum Gasteiger partial charge on any atom is 2.00 e. The van der Waals surface area contributed by atoms with Gasteiger partial charge in [-0.25, -0.2) is 0 Å². The van der Waals surface area contributed by atoms with Gasteiger partial charge < -0.3 is 19.8 Å². The van der Waals surface area contributed by atoms with Crippen LogP contribution in [0.5, 0.6) is 0 Å². The Morgan fingerprint density at radius 1 is 0.733 bits per heavy atom. The third kappa shape index (κ3) is 15.9. The van der Waals surface area contributed by atoms with Crippen LogP contribution in [0.3, 0.4) is 0 Å². The fraction of sp³-hybridized carbons (Fsp3) is 0.500. The first-order valence-corrected chi connectivity index (χ1v) is 4.72. The van der Waals surface area contributed by atoms with Gasteiger partial charge in [0, 0.05) is 0 Å². The number of halogens is 6. The maximum atomic E-state index is 9.51. The molecule has 0 aliphatic carbocycles. The van der Waals surface area contributed by atoms with Gasteiger partial charge in [0.05, 0.1) is 11.9 Å². The van der Waals surface area contributed by atoms with E-state index in [1.165, 1.54) is 0 Å². The SMILES string of the molecule is O=C([O-])C(Cl)(Cl)Cl.O=C([O-])C(Cl)(Cl)Cl.[Ca+2]. The number of carbonyl (C=O) groups is 2. The van der Waals surface area contributed by atoms with Gasteiger partial charge in [-0.15, -0.1) is 0 Å². The molecule has 0 aliphatic heterocycles. The summed E-state index contributed by atoms with van der Waals surface area (Å²) in [5.74, 6) is -3.42. The molecule has 0 spiro atoms. The second-order valence-electron chi connectivity index (χ2n) is 1.57. The topological polar surface area (TPSA) is 80.3 Å². The molecule has 0 aromatic rings. The number of alkyl halides is 6. The van der Waals surface area contributed by atoms with Gasteiger partial charge in [0.25, 0.3) is 0 Å². The van der Waals surface area contributed by atoms with Crippen molar-refractivity contribution >= 4 is 119 Å². The summed E-state index contributed by atoms with van der Waals surface area (Å²) >= 11 is 28.4. The number of aliphatic carboxylic acids is 2. The van der Waals surface area contributed by atoms with E-state index in [-0.39, 0.29) is 37.7 Å². The van der Waals surface area contributed by atoms with Crippen LogP contribution in [0.2, 0.25) is 0 Å². The van der Waals surface area contributed by atoms with Gasteiger partial charge in [0.1, 0.15) is 0 Å². The van der Waals surface area contributed by atoms with Crippen molar-refractivity contribution in [1.82, 2.24) is 0 Å². The zero-order valence-corrected chi connectivity index (χ0v) is 13.4. The van der Waals surface area contributed by atoms with Crippen LogP contribution in [-0.4, -0.2) is 57.3 Å². The molecule has 15 heavy (non-hydrogen) atoms. The van der Waals surface area contributed by atoms with Crippen LogP contribution in [-0.2, 0) is 9.59 Å². The molecule has 0 rings (SSSR count). The molecule has 0 aliphatic rings. The molecule has 0 radical (unpaired) electrons. The summed E-state index contributed by atoms with van der Waals surface area (Å²) in [6, 6.07) is 0. The Balaban J connectivity index is -0.000000180. The molecule has 0 bridgehead atoms. The van der Waals surface area contributed by atoms with Crippen LogP contribution in [0.1, 0.15) is 0 Å². The molecule has 0 fully saturated rings. The normalized spacial score (nSPS) is 10.5. The van der Waals surface area contributed by atoms with Crippen molar-refractivity contribution in [3.63, 3.8) is 0 Å². The minimum absolute atomic E-state index is 0. The van der Waals surface area contributed by atoms with E-state index in [1.807, 2.05) is 0 Å². The van der Waals surface area contributed by atoms with Crippen LogP contribution in [0.25, 0.3) is 0 Å². The third-order valence-corrected chi connectivity index (χ3v) is 1.39. The molecule has 0 amide bonds. The number of rotatable bonds is 0. The quantitative estimate of drug-likeness (QED) is 0.441. The van der Waals surface area contributed by atoms with Gasteiger partial charge in [-0.3, -0.25) is 0 Å². The van der Waals surface area contributed by atoms with Crippen LogP contribution >= 0.6 is 69.6 Å². The molecule has 4 nitrogen and oxygen atoms in total. The van der Waals surface area contributed by atoms with Crippen LogP contribution < -0.4 is 10.2 Å². The molecule has 0 heterocycles. The fourth-order valence-electron chi connectivity index (χ4n) is 0. The number of carbonyl (C=O) groups excluding carboxylic acids is 2. The summed E-state index contributed by atoms with van der Waals surface area (Å²) < 4.78 is -4.56. The van der Waals surface area contributed by atoms with Gasteiger partial charge in [-0.2, -0.15) is 0 Å². The molecule has 0 saturated carbocycles. The Morgan fingerprint density at radius 3 is 0.800 bits per heavy atom. The van der Waals surface area contributed by atoms with Crippen molar-refractivity contribution in [3.05, 3.63) is 0 Å². The monoisotopic (exact) mass is 362 g/mol. The summed E-state index contributed by atoms with van der Waals surface area (Å²) in [5.41, 5.74) is 0. The first-order chi connectivity index (χ1) is 5.89. The van der Waals surface area contributed by atoms with Gasteiger partial charge in [-0.1, -0.05) is 69.6 Å². The van der Waals surface area contributed by atoms with E-state index in [0.717, 1.165) is 0 Å². The molecule has 0 unspecified atom stereocenters. The maximum absolute atomic E-state index is 9.51. The molecule has 0 aromatic carbocycles. The smallest absolute Gasteiger partial charge is 0.545 e. The van der Waals surface area contributed by atoms with Crippen molar-refractivity contribution in [2.75, 3.05) is 0 Å². The van der Waals surface area contributed by atoms with Crippen molar-refractivity contribution in [2.24, 2.45) is 0 Å². The molecule has 84 valence electrons. The Bertz CT molecular complexity index is 196. The third-order valence-electron chi connectivity index (χ3n) is 0.463. The molecule has 0 atom stereocenters. The second kappa shape index (κ2) is 8.95. The van der Waals surface area contributed by atoms with Crippen LogP contribution in [0.15, 0.2) is 0 Å². The zero-order chi connectivity index (χ0) is 12.2. The summed E-state index contributed by atoms with van der Waals surface area (Å²) in [7, 11) is 0. The fourth-order valence-corrected chi connectivity index (χ4v) is 0. The first-order valence-electron chi connectivity index (χ1n) is 2.45. The molecule has 0 aromatic heterocycles. The van der Waals surface area contributed by atoms with Crippen molar-refractivity contribution in [1.29, 1.82) is 0 Å². The molecule has 11 heteroatoms. The van der Waals surface area contributed by atoms with E-state index in [1.54, 1.807) is 0 Å². The minimum Gasteiger partial charge on any atom is -0.545 e. The van der Waals surface area contributed by atoms with Crippen molar-refractivity contribution in [3.8, 4) is 0 Å². The van der Waals surface area contributed by atoms with E-state index >= 15 is 0 Å². The van der Waals surface area contributed by atoms with E-state index in [2.05, 4.69) is 0 Å². The van der Waals surface area contributed by atoms with E-state index in [4.69, 9.17) is 69.6 Å². The van der Waals surface area contributed by atoms with Gasteiger partial charge in [-0.05, 0) is 0 Å². The standard InChI is InChI=1S/2C2HCl3O2.Ca/c2*3-2(4,5)1(6)7;/h2*(H,6,7);/q;;+2/p-2. The van der Waals surface area contributed by atoms with Gasteiger partial charge >= 0.3 is 37.7 Å². The van der Waals surface area contributed by atoms with E-state index < -0.39 is 19.5 Å². The van der Waals surface area contributed by atoms with Gasteiger partial charge in [0.15, 0.2) is 0 Å². The molecule has 0 saturated heterocycles. The number of hydrogen-bond acceptors (Lipinski definition) is 4. The first kappa shape index (κ1) is 22.1. The van der Waals surface area contributed by atoms with E-state index in [0.29, 0.717) is 0 Å². The number of carboxylic acids is 2. The Morgan fingerprint density at radius 2 is 0.800 bits per heavy atom. The predicted octanol–water partition coefficient (Wildman–Crippen LogP) is -0.168. The second-order valence-corrected chi connectivity index (χ2v) is 6.13. The van der Waals surface area contributed by atoms with Crippen LogP contribution in [0, 0.1) is 0 Å². The minimum atomic E-state index is -2.28.